The van der Waals surface area contributed by atoms with E-state index in [1.807, 2.05) is 24.3 Å². The van der Waals surface area contributed by atoms with E-state index in [2.05, 4.69) is 0 Å². The second-order valence-electron chi connectivity index (χ2n) is 6.40. The maximum atomic E-state index is 13.0. The SMILES string of the molecule is CS(=O)(=O)N(CCc1ccc(F)cc1)CC(=O)N1CCc2ccccc21. The first-order chi connectivity index (χ1) is 12.3. The van der Waals surface area contributed by atoms with Gasteiger partial charge in [0.25, 0.3) is 0 Å². The summed E-state index contributed by atoms with van der Waals surface area (Å²) >= 11 is 0. The third-order valence-corrected chi connectivity index (χ3v) is 5.78. The highest BCUT2D eigenvalue weighted by Crippen LogP contribution is 2.27. The fourth-order valence-electron chi connectivity index (χ4n) is 3.10. The Morgan fingerprint density at radius 3 is 2.54 bits per heavy atom. The standard InChI is InChI=1S/C19H21FN2O3S/c1-26(24,25)21(12-10-15-6-8-17(20)9-7-15)14-19(23)22-13-11-16-4-2-3-5-18(16)22/h2-9H,10-14H2,1H3. The fourth-order valence-corrected chi connectivity index (χ4v) is 3.87. The van der Waals surface area contributed by atoms with Gasteiger partial charge in [-0.05, 0) is 42.2 Å². The van der Waals surface area contributed by atoms with Gasteiger partial charge in [0.15, 0.2) is 0 Å². The van der Waals surface area contributed by atoms with E-state index >= 15 is 0 Å². The van der Waals surface area contributed by atoms with Crippen LogP contribution in [0.3, 0.4) is 0 Å². The zero-order valence-corrected chi connectivity index (χ0v) is 15.4. The second-order valence-corrected chi connectivity index (χ2v) is 8.38. The molecule has 1 aliphatic heterocycles. The molecule has 0 unspecified atom stereocenters. The number of carbonyl (C=O) groups is 1. The van der Waals surface area contributed by atoms with Gasteiger partial charge in [0.1, 0.15) is 5.82 Å². The predicted octanol–water partition coefficient (Wildman–Crippen LogP) is 2.22. The van der Waals surface area contributed by atoms with E-state index in [4.69, 9.17) is 0 Å². The first kappa shape index (κ1) is 18.5. The number of nitrogens with zero attached hydrogens (tertiary/aromatic N) is 2. The molecule has 0 saturated heterocycles. The van der Waals surface area contributed by atoms with Crippen LogP contribution in [0.4, 0.5) is 10.1 Å². The fraction of sp³-hybridized carbons (Fsp3) is 0.316. The molecular formula is C19H21FN2O3S. The minimum absolute atomic E-state index is 0.172. The number of benzene rings is 2. The lowest BCUT2D eigenvalue weighted by molar-refractivity contribution is -0.118. The summed E-state index contributed by atoms with van der Waals surface area (Å²) < 4.78 is 38.4. The number of rotatable bonds is 6. The highest BCUT2D eigenvalue weighted by molar-refractivity contribution is 7.88. The summed E-state index contributed by atoms with van der Waals surface area (Å²) in [5, 5.41) is 0. The maximum Gasteiger partial charge on any atom is 0.242 e. The second kappa shape index (κ2) is 7.55. The van der Waals surface area contributed by atoms with E-state index in [1.54, 1.807) is 17.0 Å². The monoisotopic (exact) mass is 376 g/mol. The average Bonchev–Trinajstić information content (AvgIpc) is 3.03. The van der Waals surface area contributed by atoms with Crippen molar-refractivity contribution in [2.75, 3.05) is 30.8 Å². The summed E-state index contributed by atoms with van der Waals surface area (Å²) in [4.78, 5) is 14.3. The average molecular weight is 376 g/mol. The van der Waals surface area contributed by atoms with Crippen molar-refractivity contribution in [1.82, 2.24) is 4.31 Å². The molecule has 0 fully saturated rings. The summed E-state index contributed by atoms with van der Waals surface area (Å²) in [6, 6.07) is 13.6. The molecule has 1 aliphatic rings. The van der Waals surface area contributed by atoms with Crippen LogP contribution in [0.1, 0.15) is 11.1 Å². The van der Waals surface area contributed by atoms with E-state index in [0.29, 0.717) is 13.0 Å². The van der Waals surface area contributed by atoms with Crippen molar-refractivity contribution in [3.05, 3.63) is 65.5 Å². The first-order valence-corrected chi connectivity index (χ1v) is 10.3. The smallest absolute Gasteiger partial charge is 0.242 e. The van der Waals surface area contributed by atoms with E-state index in [1.165, 1.54) is 16.4 Å². The Bertz CT molecular complexity index is 897. The lowest BCUT2D eigenvalue weighted by Crippen LogP contribution is -2.42. The normalized spacial score (nSPS) is 13.9. The van der Waals surface area contributed by atoms with Crippen molar-refractivity contribution in [2.45, 2.75) is 12.8 Å². The number of hydrogen-bond donors (Lipinski definition) is 0. The Labute approximate surface area is 153 Å². The highest BCUT2D eigenvalue weighted by Gasteiger charge is 2.28. The molecule has 0 aromatic heterocycles. The van der Waals surface area contributed by atoms with Crippen LogP contribution in [0.25, 0.3) is 0 Å². The van der Waals surface area contributed by atoms with Crippen molar-refractivity contribution < 1.29 is 17.6 Å². The van der Waals surface area contributed by atoms with Crippen LogP contribution in [-0.4, -0.2) is 44.5 Å². The van der Waals surface area contributed by atoms with Gasteiger partial charge in [-0.1, -0.05) is 30.3 Å². The van der Waals surface area contributed by atoms with E-state index in [-0.39, 0.29) is 24.8 Å². The van der Waals surface area contributed by atoms with E-state index in [0.717, 1.165) is 29.5 Å². The Hall–Kier alpha value is -2.25. The van der Waals surface area contributed by atoms with Gasteiger partial charge in [-0.25, -0.2) is 12.8 Å². The van der Waals surface area contributed by atoms with Gasteiger partial charge in [-0.15, -0.1) is 0 Å². The minimum atomic E-state index is -3.53. The van der Waals surface area contributed by atoms with Gasteiger partial charge in [0, 0.05) is 18.8 Å². The first-order valence-electron chi connectivity index (χ1n) is 8.42. The highest BCUT2D eigenvalue weighted by atomic mass is 32.2. The number of para-hydroxylation sites is 1. The third kappa shape index (κ3) is 4.28. The minimum Gasteiger partial charge on any atom is -0.311 e. The van der Waals surface area contributed by atoms with Crippen LogP contribution in [0, 0.1) is 5.82 Å². The van der Waals surface area contributed by atoms with Crippen molar-refractivity contribution >= 4 is 21.6 Å². The number of halogens is 1. The summed E-state index contributed by atoms with van der Waals surface area (Å²) in [5.41, 5.74) is 2.77. The molecule has 2 aromatic carbocycles. The Morgan fingerprint density at radius 1 is 1.15 bits per heavy atom. The zero-order chi connectivity index (χ0) is 18.7. The van der Waals surface area contributed by atoms with Gasteiger partial charge < -0.3 is 4.90 Å². The molecule has 0 aliphatic carbocycles. The van der Waals surface area contributed by atoms with Crippen molar-refractivity contribution in [3.8, 4) is 0 Å². The number of hydrogen-bond acceptors (Lipinski definition) is 3. The third-order valence-electron chi connectivity index (χ3n) is 4.53. The number of carbonyl (C=O) groups excluding carboxylic acids is 1. The topological polar surface area (TPSA) is 57.7 Å². The van der Waals surface area contributed by atoms with Crippen molar-refractivity contribution in [1.29, 1.82) is 0 Å². The molecule has 1 amide bonds. The number of amides is 1. The Morgan fingerprint density at radius 2 is 1.85 bits per heavy atom. The van der Waals surface area contributed by atoms with Gasteiger partial charge in [-0.3, -0.25) is 4.79 Å². The van der Waals surface area contributed by atoms with Gasteiger partial charge >= 0.3 is 0 Å². The van der Waals surface area contributed by atoms with Gasteiger partial charge in [0.2, 0.25) is 15.9 Å². The van der Waals surface area contributed by atoms with Crippen LogP contribution in [0.15, 0.2) is 48.5 Å². The van der Waals surface area contributed by atoms with Crippen LogP contribution < -0.4 is 4.90 Å². The van der Waals surface area contributed by atoms with Gasteiger partial charge in [-0.2, -0.15) is 4.31 Å². The van der Waals surface area contributed by atoms with Crippen LogP contribution >= 0.6 is 0 Å². The Kier molecular flexibility index (Phi) is 5.38. The lowest BCUT2D eigenvalue weighted by Gasteiger charge is -2.23. The zero-order valence-electron chi connectivity index (χ0n) is 14.6. The molecule has 7 heteroatoms. The quantitative estimate of drug-likeness (QED) is 0.777. The molecule has 1 heterocycles. The molecule has 0 N–H and O–H groups in total. The molecule has 26 heavy (non-hydrogen) atoms. The van der Waals surface area contributed by atoms with E-state index in [9.17, 15) is 17.6 Å². The molecule has 3 rings (SSSR count). The van der Waals surface area contributed by atoms with Gasteiger partial charge in [0.05, 0.1) is 12.8 Å². The van der Waals surface area contributed by atoms with Crippen LogP contribution in [0.5, 0.6) is 0 Å². The van der Waals surface area contributed by atoms with Crippen molar-refractivity contribution in [3.63, 3.8) is 0 Å². The Balaban J connectivity index is 1.69. The summed E-state index contributed by atoms with van der Waals surface area (Å²) in [5.74, 6) is -0.573. The van der Waals surface area contributed by atoms with Crippen LogP contribution in [0.2, 0.25) is 0 Å². The molecular weight excluding hydrogens is 355 g/mol. The molecule has 0 bridgehead atoms. The molecule has 2 aromatic rings. The molecule has 138 valence electrons. The largest absolute Gasteiger partial charge is 0.311 e. The molecule has 0 radical (unpaired) electrons. The maximum absolute atomic E-state index is 13.0. The number of anilines is 1. The van der Waals surface area contributed by atoms with Crippen LogP contribution in [-0.2, 0) is 27.7 Å². The number of fused-ring (bicyclic) bond motifs is 1. The predicted molar refractivity (Wildman–Crippen MR) is 99.0 cm³/mol. The summed E-state index contributed by atoms with van der Waals surface area (Å²) in [6.45, 7) is 0.536. The molecule has 0 atom stereocenters. The summed E-state index contributed by atoms with van der Waals surface area (Å²) in [7, 11) is -3.53. The molecule has 5 nitrogen and oxygen atoms in total. The van der Waals surface area contributed by atoms with E-state index < -0.39 is 10.0 Å². The van der Waals surface area contributed by atoms with Crippen molar-refractivity contribution in [2.24, 2.45) is 0 Å². The lowest BCUT2D eigenvalue weighted by atomic mass is 10.1. The molecule has 0 saturated carbocycles. The number of sulfonamides is 1. The summed E-state index contributed by atoms with van der Waals surface area (Å²) in [6.07, 6.45) is 2.29. The molecule has 0 spiro atoms.